The predicted octanol–water partition coefficient (Wildman–Crippen LogP) is 0.772. The number of pyridine rings is 1. The van der Waals surface area contributed by atoms with Gasteiger partial charge in [-0.2, -0.15) is 0 Å². The number of carbonyl (C=O) groups is 1. The van der Waals surface area contributed by atoms with Crippen molar-refractivity contribution in [3.05, 3.63) is 29.1 Å². The molecular weight excluding hydrogens is 168 g/mol. The highest BCUT2D eigenvalue weighted by Crippen LogP contribution is 2.29. The van der Waals surface area contributed by atoms with E-state index in [1.807, 2.05) is 6.92 Å². The molecule has 0 bridgehead atoms. The van der Waals surface area contributed by atoms with Crippen molar-refractivity contribution in [2.45, 2.75) is 19.6 Å². The number of rotatable bonds is 1. The molecule has 0 aromatic carbocycles. The second-order valence-electron chi connectivity index (χ2n) is 3.09. The van der Waals surface area contributed by atoms with Gasteiger partial charge in [-0.25, -0.2) is 0 Å². The lowest BCUT2D eigenvalue weighted by Gasteiger charge is -2.03. The fourth-order valence-corrected chi connectivity index (χ4v) is 1.44. The summed E-state index contributed by atoms with van der Waals surface area (Å²) in [5.41, 5.74) is 7.47. The molecule has 68 valence electrons. The van der Waals surface area contributed by atoms with Crippen LogP contribution in [0.2, 0.25) is 0 Å². The van der Waals surface area contributed by atoms with E-state index in [2.05, 4.69) is 4.98 Å². The Kier molecular flexibility index (Phi) is 1.77. The molecular formula is C9H10N2O2. The van der Waals surface area contributed by atoms with E-state index in [-0.39, 0.29) is 6.10 Å². The second-order valence-corrected chi connectivity index (χ2v) is 3.09. The molecule has 0 saturated heterocycles. The Morgan fingerprint density at radius 1 is 1.77 bits per heavy atom. The zero-order chi connectivity index (χ0) is 9.42. The van der Waals surface area contributed by atoms with E-state index in [4.69, 9.17) is 10.5 Å². The molecule has 13 heavy (non-hydrogen) atoms. The molecule has 0 fully saturated rings. The van der Waals surface area contributed by atoms with E-state index in [9.17, 15) is 4.79 Å². The molecule has 4 nitrogen and oxygen atoms in total. The van der Waals surface area contributed by atoms with Crippen molar-refractivity contribution >= 4 is 5.91 Å². The minimum Gasteiger partial charge on any atom is -0.369 e. The molecule has 0 aliphatic carbocycles. The van der Waals surface area contributed by atoms with Gasteiger partial charge in [-0.05, 0) is 18.6 Å². The maximum atomic E-state index is 10.8. The highest BCUT2D eigenvalue weighted by molar-refractivity contribution is 5.90. The van der Waals surface area contributed by atoms with Crippen LogP contribution >= 0.6 is 0 Å². The van der Waals surface area contributed by atoms with Gasteiger partial charge in [0, 0.05) is 11.8 Å². The summed E-state index contributed by atoms with van der Waals surface area (Å²) in [4.78, 5) is 14.8. The summed E-state index contributed by atoms with van der Waals surface area (Å²) in [7, 11) is 0. The highest BCUT2D eigenvalue weighted by Gasteiger charge is 2.20. The summed E-state index contributed by atoms with van der Waals surface area (Å²) in [6, 6.07) is 1.70. The molecule has 1 amide bonds. The highest BCUT2D eigenvalue weighted by atomic mass is 16.5. The maximum absolute atomic E-state index is 10.8. The maximum Gasteiger partial charge on any atom is 0.267 e. The van der Waals surface area contributed by atoms with E-state index in [1.165, 1.54) is 0 Å². The standard InChI is InChI=1S/C9H10N2O2/c1-5-7-2-8(9(10)12)11-3-6(7)4-13-5/h2-3,5H,4H2,1H3,(H2,10,12). The van der Waals surface area contributed by atoms with Crippen LogP contribution in [0.3, 0.4) is 0 Å². The van der Waals surface area contributed by atoms with Gasteiger partial charge in [-0.15, -0.1) is 0 Å². The third-order valence-electron chi connectivity index (χ3n) is 2.20. The molecule has 1 aromatic rings. The first kappa shape index (κ1) is 8.19. The van der Waals surface area contributed by atoms with Crippen LogP contribution in [0.1, 0.15) is 34.6 Å². The van der Waals surface area contributed by atoms with Gasteiger partial charge in [0.25, 0.3) is 5.91 Å². The molecule has 2 rings (SSSR count). The van der Waals surface area contributed by atoms with Crippen LogP contribution in [0.25, 0.3) is 0 Å². The number of hydrogen-bond donors (Lipinski definition) is 1. The van der Waals surface area contributed by atoms with Crippen LogP contribution in [0.5, 0.6) is 0 Å². The molecule has 2 N–H and O–H groups in total. The molecule has 1 aliphatic rings. The smallest absolute Gasteiger partial charge is 0.267 e. The Morgan fingerprint density at radius 3 is 3.23 bits per heavy atom. The predicted molar refractivity (Wildman–Crippen MR) is 46.0 cm³/mol. The number of hydrogen-bond acceptors (Lipinski definition) is 3. The van der Waals surface area contributed by atoms with Crippen molar-refractivity contribution in [2.24, 2.45) is 5.73 Å². The number of amides is 1. The average molecular weight is 178 g/mol. The number of aromatic nitrogens is 1. The van der Waals surface area contributed by atoms with Crippen LogP contribution in [0.4, 0.5) is 0 Å². The first-order valence-corrected chi connectivity index (χ1v) is 4.08. The Labute approximate surface area is 75.7 Å². The monoisotopic (exact) mass is 178 g/mol. The molecule has 0 saturated carbocycles. The SMILES string of the molecule is CC1OCc2cnc(C(N)=O)cc21. The minimum atomic E-state index is -0.498. The molecule has 1 atom stereocenters. The molecule has 1 unspecified atom stereocenters. The van der Waals surface area contributed by atoms with E-state index in [1.54, 1.807) is 12.3 Å². The topological polar surface area (TPSA) is 65.2 Å². The molecule has 1 aromatic heterocycles. The van der Waals surface area contributed by atoms with Crippen molar-refractivity contribution < 1.29 is 9.53 Å². The molecule has 4 heteroatoms. The van der Waals surface area contributed by atoms with Crippen molar-refractivity contribution in [3.8, 4) is 0 Å². The summed E-state index contributed by atoms with van der Waals surface area (Å²) < 4.78 is 5.37. The lowest BCUT2D eigenvalue weighted by Crippen LogP contribution is -2.13. The van der Waals surface area contributed by atoms with Gasteiger partial charge in [0.1, 0.15) is 5.69 Å². The molecule has 1 aliphatic heterocycles. The Morgan fingerprint density at radius 2 is 2.54 bits per heavy atom. The summed E-state index contributed by atoms with van der Waals surface area (Å²) in [6.45, 7) is 2.51. The number of primary amides is 1. The lowest BCUT2D eigenvalue weighted by atomic mass is 10.1. The number of fused-ring (bicyclic) bond motifs is 1. The van der Waals surface area contributed by atoms with Crippen molar-refractivity contribution in [2.75, 3.05) is 0 Å². The Bertz CT molecular complexity index is 363. The number of carbonyl (C=O) groups excluding carboxylic acids is 1. The van der Waals surface area contributed by atoms with Gasteiger partial charge in [-0.3, -0.25) is 9.78 Å². The van der Waals surface area contributed by atoms with Crippen LogP contribution < -0.4 is 5.73 Å². The Hall–Kier alpha value is -1.42. The zero-order valence-corrected chi connectivity index (χ0v) is 7.28. The molecule has 0 radical (unpaired) electrons. The molecule has 0 spiro atoms. The van der Waals surface area contributed by atoms with Gasteiger partial charge < -0.3 is 10.5 Å². The number of ether oxygens (including phenoxy) is 1. The van der Waals surface area contributed by atoms with Gasteiger partial charge in [0.05, 0.1) is 12.7 Å². The van der Waals surface area contributed by atoms with Gasteiger partial charge in [0.2, 0.25) is 0 Å². The summed E-state index contributed by atoms with van der Waals surface area (Å²) >= 11 is 0. The summed E-state index contributed by atoms with van der Waals surface area (Å²) in [6.07, 6.45) is 1.69. The van der Waals surface area contributed by atoms with Gasteiger partial charge >= 0.3 is 0 Å². The van der Waals surface area contributed by atoms with Crippen molar-refractivity contribution in [3.63, 3.8) is 0 Å². The fourth-order valence-electron chi connectivity index (χ4n) is 1.44. The average Bonchev–Trinajstić information content (AvgIpc) is 2.47. The lowest BCUT2D eigenvalue weighted by molar-refractivity contribution is 0.0796. The summed E-state index contributed by atoms with van der Waals surface area (Å²) in [5, 5.41) is 0. The minimum absolute atomic E-state index is 0.0381. The first-order chi connectivity index (χ1) is 6.18. The van der Waals surface area contributed by atoms with Gasteiger partial charge in [-0.1, -0.05) is 0 Å². The van der Waals surface area contributed by atoms with E-state index in [0.29, 0.717) is 12.3 Å². The number of nitrogens with two attached hydrogens (primary N) is 1. The first-order valence-electron chi connectivity index (χ1n) is 4.08. The van der Waals surface area contributed by atoms with Crippen molar-refractivity contribution in [1.29, 1.82) is 0 Å². The largest absolute Gasteiger partial charge is 0.369 e. The normalized spacial score (nSPS) is 19.9. The van der Waals surface area contributed by atoms with Crippen LogP contribution in [0.15, 0.2) is 12.3 Å². The zero-order valence-electron chi connectivity index (χ0n) is 7.28. The fraction of sp³-hybridized carbons (Fsp3) is 0.333. The van der Waals surface area contributed by atoms with E-state index in [0.717, 1.165) is 11.1 Å². The summed E-state index contributed by atoms with van der Waals surface area (Å²) in [5.74, 6) is -0.498. The molecule has 2 heterocycles. The van der Waals surface area contributed by atoms with Crippen LogP contribution in [0, 0.1) is 0 Å². The van der Waals surface area contributed by atoms with E-state index >= 15 is 0 Å². The van der Waals surface area contributed by atoms with E-state index < -0.39 is 5.91 Å². The Balaban J connectivity index is 2.47. The van der Waals surface area contributed by atoms with Gasteiger partial charge in [0.15, 0.2) is 0 Å². The van der Waals surface area contributed by atoms with Crippen LogP contribution in [-0.4, -0.2) is 10.9 Å². The third-order valence-corrected chi connectivity index (χ3v) is 2.20. The van der Waals surface area contributed by atoms with Crippen molar-refractivity contribution in [1.82, 2.24) is 4.98 Å². The third kappa shape index (κ3) is 1.29. The number of nitrogens with zero attached hydrogens (tertiary/aromatic N) is 1. The van der Waals surface area contributed by atoms with Crippen LogP contribution in [-0.2, 0) is 11.3 Å². The quantitative estimate of drug-likeness (QED) is 0.690. The second kappa shape index (κ2) is 2.81.